The van der Waals surface area contributed by atoms with Crippen LogP contribution in [-0.4, -0.2) is 37.7 Å². The van der Waals surface area contributed by atoms with E-state index in [0.29, 0.717) is 17.9 Å². The summed E-state index contributed by atoms with van der Waals surface area (Å²) >= 11 is 0. The third-order valence-corrected chi connectivity index (χ3v) is 5.70. The van der Waals surface area contributed by atoms with Crippen LogP contribution in [0.3, 0.4) is 0 Å². The lowest BCUT2D eigenvalue weighted by molar-refractivity contribution is -0.114. The van der Waals surface area contributed by atoms with Crippen LogP contribution in [0.25, 0.3) is 22.0 Å². The second kappa shape index (κ2) is 6.04. The van der Waals surface area contributed by atoms with Gasteiger partial charge in [-0.05, 0) is 43.2 Å². The molecule has 0 aromatic carbocycles. The molecule has 2 aliphatic heterocycles. The van der Waals surface area contributed by atoms with Crippen LogP contribution in [0.1, 0.15) is 32.6 Å². The second-order valence-electron chi connectivity index (χ2n) is 7.58. The Kier molecular flexibility index (Phi) is 3.63. The summed E-state index contributed by atoms with van der Waals surface area (Å²) in [5.41, 5.74) is 1.84. The highest BCUT2D eigenvalue weighted by Crippen LogP contribution is 2.43. The van der Waals surface area contributed by atoms with Crippen molar-refractivity contribution in [1.29, 1.82) is 0 Å². The molecule has 2 bridgehead atoms. The van der Waals surface area contributed by atoms with Gasteiger partial charge in [0.2, 0.25) is 5.91 Å². The molecule has 2 aliphatic rings. The summed E-state index contributed by atoms with van der Waals surface area (Å²) in [6.07, 6.45) is 10.6. The fourth-order valence-electron chi connectivity index (χ4n) is 4.54. The number of fused-ring (bicyclic) bond motifs is 3. The van der Waals surface area contributed by atoms with Crippen molar-refractivity contribution < 1.29 is 4.79 Å². The monoisotopic (exact) mass is 362 g/mol. The molecule has 138 valence electrons. The van der Waals surface area contributed by atoms with Crippen LogP contribution in [0.15, 0.2) is 30.7 Å². The third-order valence-electron chi connectivity index (χ3n) is 5.70. The van der Waals surface area contributed by atoms with Gasteiger partial charge in [-0.1, -0.05) is 0 Å². The number of anilines is 2. The summed E-state index contributed by atoms with van der Waals surface area (Å²) in [6, 6.07) is 5.09. The van der Waals surface area contributed by atoms with Gasteiger partial charge in [-0.25, -0.2) is 4.98 Å². The van der Waals surface area contributed by atoms with Gasteiger partial charge >= 0.3 is 0 Å². The zero-order chi connectivity index (χ0) is 18.5. The predicted octanol–water partition coefficient (Wildman–Crippen LogP) is 3.12. The SMILES string of the molecule is CC(=O)Nc1cc2cc(-c3cnn(C)c3)ncc2c(N2C3CCC2CC3)n1. The molecule has 1 amide bonds. The lowest BCUT2D eigenvalue weighted by Gasteiger charge is -2.25. The molecule has 0 aliphatic carbocycles. The van der Waals surface area contributed by atoms with E-state index >= 15 is 0 Å². The number of hydrogen-bond donors (Lipinski definition) is 1. The number of carbonyl (C=O) groups excluding carboxylic acids is 1. The fourth-order valence-corrected chi connectivity index (χ4v) is 4.54. The number of nitrogens with zero attached hydrogens (tertiary/aromatic N) is 5. The Morgan fingerprint density at radius 2 is 1.89 bits per heavy atom. The summed E-state index contributed by atoms with van der Waals surface area (Å²) in [4.78, 5) is 23.6. The molecule has 0 saturated carbocycles. The van der Waals surface area contributed by atoms with E-state index in [0.717, 1.165) is 27.8 Å². The molecule has 5 rings (SSSR count). The van der Waals surface area contributed by atoms with Crippen LogP contribution >= 0.6 is 0 Å². The zero-order valence-electron chi connectivity index (χ0n) is 15.5. The minimum Gasteiger partial charge on any atom is -0.350 e. The van der Waals surface area contributed by atoms with E-state index in [1.54, 1.807) is 4.68 Å². The molecular formula is C20H22N6O. The first-order valence-electron chi connectivity index (χ1n) is 9.44. The van der Waals surface area contributed by atoms with E-state index in [-0.39, 0.29) is 5.91 Å². The van der Waals surface area contributed by atoms with Crippen molar-refractivity contribution in [3.63, 3.8) is 0 Å². The fraction of sp³-hybridized carbons (Fsp3) is 0.400. The maximum Gasteiger partial charge on any atom is 0.222 e. The van der Waals surface area contributed by atoms with Gasteiger partial charge in [0, 0.05) is 49.4 Å². The first-order valence-corrected chi connectivity index (χ1v) is 9.44. The highest BCUT2D eigenvalue weighted by molar-refractivity contribution is 5.98. The molecule has 0 radical (unpaired) electrons. The summed E-state index contributed by atoms with van der Waals surface area (Å²) in [5, 5.41) is 9.17. The molecule has 7 heteroatoms. The molecule has 27 heavy (non-hydrogen) atoms. The smallest absolute Gasteiger partial charge is 0.222 e. The van der Waals surface area contributed by atoms with Gasteiger partial charge in [0.15, 0.2) is 0 Å². The Balaban J connectivity index is 1.67. The average molecular weight is 362 g/mol. The highest BCUT2D eigenvalue weighted by Gasteiger charge is 2.40. The molecule has 7 nitrogen and oxygen atoms in total. The van der Waals surface area contributed by atoms with Crippen LogP contribution in [0, 0.1) is 0 Å². The quantitative estimate of drug-likeness (QED) is 0.775. The molecule has 0 atom stereocenters. The topological polar surface area (TPSA) is 75.9 Å². The van der Waals surface area contributed by atoms with Gasteiger partial charge in [0.05, 0.1) is 11.9 Å². The number of aromatic nitrogens is 4. The largest absolute Gasteiger partial charge is 0.350 e. The number of nitrogens with one attached hydrogen (secondary N) is 1. The van der Waals surface area contributed by atoms with Crippen molar-refractivity contribution in [3.05, 3.63) is 30.7 Å². The third kappa shape index (κ3) is 2.74. The Morgan fingerprint density at radius 3 is 2.52 bits per heavy atom. The molecule has 0 spiro atoms. The minimum atomic E-state index is -0.112. The summed E-state index contributed by atoms with van der Waals surface area (Å²) < 4.78 is 1.77. The van der Waals surface area contributed by atoms with Gasteiger partial charge in [-0.3, -0.25) is 14.5 Å². The van der Waals surface area contributed by atoms with E-state index < -0.39 is 0 Å². The molecule has 5 heterocycles. The molecular weight excluding hydrogens is 340 g/mol. The number of carbonyl (C=O) groups is 1. The van der Waals surface area contributed by atoms with Gasteiger partial charge in [-0.15, -0.1) is 0 Å². The van der Waals surface area contributed by atoms with Crippen molar-refractivity contribution in [2.45, 2.75) is 44.7 Å². The Hall–Kier alpha value is -2.96. The Morgan fingerprint density at radius 1 is 1.15 bits per heavy atom. The Labute approximate surface area is 157 Å². The van der Waals surface area contributed by atoms with Gasteiger partial charge < -0.3 is 10.2 Å². The zero-order valence-corrected chi connectivity index (χ0v) is 15.5. The van der Waals surface area contributed by atoms with Crippen molar-refractivity contribution in [1.82, 2.24) is 19.7 Å². The van der Waals surface area contributed by atoms with E-state index in [1.165, 1.54) is 32.6 Å². The highest BCUT2D eigenvalue weighted by atomic mass is 16.1. The lowest BCUT2D eigenvalue weighted by atomic mass is 10.0. The first kappa shape index (κ1) is 16.2. The molecule has 1 N–H and O–H groups in total. The van der Waals surface area contributed by atoms with E-state index in [9.17, 15) is 4.79 Å². The molecule has 2 fully saturated rings. The Bertz CT molecular complexity index is 1020. The van der Waals surface area contributed by atoms with E-state index in [2.05, 4.69) is 26.4 Å². The lowest BCUT2D eigenvalue weighted by Crippen LogP contribution is -2.29. The first-order chi connectivity index (χ1) is 13.1. The summed E-state index contributed by atoms with van der Waals surface area (Å²) in [5.74, 6) is 1.44. The van der Waals surface area contributed by atoms with Crippen molar-refractivity contribution in [2.24, 2.45) is 7.05 Å². The molecule has 3 aromatic heterocycles. The number of rotatable bonds is 3. The standard InChI is InChI=1S/C20H22N6O/c1-12(27)23-19-8-13-7-18(14-9-22-25(2)11-14)21-10-17(13)20(24-19)26-15-3-4-16(26)6-5-15/h7-11,15-16H,3-6H2,1-2H3,(H,23,24,27). The van der Waals surface area contributed by atoms with E-state index in [4.69, 9.17) is 4.98 Å². The van der Waals surface area contributed by atoms with Crippen LogP contribution in [-0.2, 0) is 11.8 Å². The summed E-state index contributed by atoms with van der Waals surface area (Å²) in [7, 11) is 1.89. The number of amides is 1. The van der Waals surface area contributed by atoms with Gasteiger partial charge in [0.25, 0.3) is 0 Å². The van der Waals surface area contributed by atoms with Gasteiger partial charge in [0.1, 0.15) is 11.6 Å². The molecule has 2 saturated heterocycles. The molecule has 3 aromatic rings. The normalized spacial score (nSPS) is 21.2. The van der Waals surface area contributed by atoms with E-state index in [1.807, 2.05) is 31.7 Å². The summed E-state index contributed by atoms with van der Waals surface area (Å²) in [6.45, 7) is 1.51. The number of aryl methyl sites for hydroxylation is 1. The second-order valence-corrected chi connectivity index (χ2v) is 7.58. The van der Waals surface area contributed by atoms with Crippen molar-refractivity contribution >= 4 is 28.3 Å². The average Bonchev–Trinajstić information content (AvgIpc) is 3.35. The van der Waals surface area contributed by atoms with Crippen LogP contribution in [0.2, 0.25) is 0 Å². The van der Waals surface area contributed by atoms with Crippen LogP contribution in [0.5, 0.6) is 0 Å². The van der Waals surface area contributed by atoms with Crippen molar-refractivity contribution in [2.75, 3.05) is 10.2 Å². The maximum absolute atomic E-state index is 11.6. The van der Waals surface area contributed by atoms with Gasteiger partial charge in [-0.2, -0.15) is 5.10 Å². The maximum atomic E-state index is 11.6. The van der Waals surface area contributed by atoms with Crippen LogP contribution in [0.4, 0.5) is 11.6 Å². The van der Waals surface area contributed by atoms with Crippen LogP contribution < -0.4 is 10.2 Å². The number of pyridine rings is 2. The van der Waals surface area contributed by atoms with Crippen molar-refractivity contribution in [3.8, 4) is 11.3 Å². The predicted molar refractivity (Wildman–Crippen MR) is 105 cm³/mol. The molecule has 0 unspecified atom stereocenters. The number of hydrogen-bond acceptors (Lipinski definition) is 5. The minimum absolute atomic E-state index is 0.112.